The minimum Gasteiger partial charge on any atom is -0.392 e. The van der Waals surface area contributed by atoms with E-state index in [0.29, 0.717) is 5.92 Å². The van der Waals surface area contributed by atoms with Crippen molar-refractivity contribution in [2.75, 3.05) is 0 Å². The molecule has 2 aliphatic rings. The first-order valence-electron chi connectivity index (χ1n) is 8.24. The average Bonchev–Trinajstić information content (AvgIpc) is 2.76. The van der Waals surface area contributed by atoms with Gasteiger partial charge in [-0.05, 0) is 50.9 Å². The zero-order valence-corrected chi connectivity index (χ0v) is 13.6. The molecule has 0 bridgehead atoms. The maximum Gasteiger partial charge on any atom is 0.0956 e. The Bertz CT molecular complexity index is 436. The maximum absolute atomic E-state index is 10.6. The van der Waals surface area contributed by atoms with Crippen molar-refractivity contribution in [3.63, 3.8) is 0 Å². The van der Waals surface area contributed by atoms with Crippen LogP contribution in [0.15, 0.2) is 0 Å². The van der Waals surface area contributed by atoms with E-state index in [1.165, 1.54) is 49.8 Å². The molecule has 0 spiro atoms. The van der Waals surface area contributed by atoms with Crippen molar-refractivity contribution in [1.29, 1.82) is 0 Å². The van der Waals surface area contributed by atoms with Gasteiger partial charge in [-0.1, -0.05) is 25.7 Å². The lowest BCUT2D eigenvalue weighted by Crippen LogP contribution is -2.34. The molecule has 0 radical (unpaired) electrons. The van der Waals surface area contributed by atoms with Crippen molar-refractivity contribution in [1.82, 2.24) is 4.98 Å². The highest BCUT2D eigenvalue weighted by atomic mass is 32.1. The molecule has 1 N–H and O–H groups in total. The molecule has 2 nitrogen and oxygen atoms in total. The van der Waals surface area contributed by atoms with E-state index in [1.807, 2.05) is 0 Å². The fraction of sp³-hybridized carbons (Fsp3) is 0.824. The van der Waals surface area contributed by atoms with Crippen LogP contribution in [-0.2, 0) is 6.42 Å². The number of aromatic nitrogens is 1. The standard InChI is InChI=1S/C17H27NOS/c1-11-12(2)20-17(18-11)10-16(19)15-8-7-13-5-3-4-6-14(13)9-15/h13-16,19H,3-10H2,1-2H3. The number of aryl methyl sites for hydroxylation is 2. The first kappa shape index (κ1) is 14.5. The van der Waals surface area contributed by atoms with Crippen LogP contribution in [0.2, 0.25) is 0 Å². The zero-order chi connectivity index (χ0) is 14.1. The number of fused-ring (bicyclic) bond motifs is 1. The molecule has 112 valence electrons. The predicted molar refractivity (Wildman–Crippen MR) is 84.1 cm³/mol. The van der Waals surface area contributed by atoms with Crippen LogP contribution in [0.25, 0.3) is 0 Å². The van der Waals surface area contributed by atoms with E-state index in [1.54, 1.807) is 11.3 Å². The lowest BCUT2D eigenvalue weighted by atomic mass is 9.66. The second-order valence-electron chi connectivity index (χ2n) is 6.90. The molecule has 1 aromatic heterocycles. The zero-order valence-electron chi connectivity index (χ0n) is 12.8. The van der Waals surface area contributed by atoms with E-state index in [-0.39, 0.29) is 6.10 Å². The van der Waals surface area contributed by atoms with Crippen LogP contribution in [0.3, 0.4) is 0 Å². The summed E-state index contributed by atoms with van der Waals surface area (Å²) in [5, 5.41) is 11.7. The average molecular weight is 293 g/mol. The topological polar surface area (TPSA) is 33.1 Å². The van der Waals surface area contributed by atoms with Gasteiger partial charge in [-0.15, -0.1) is 11.3 Å². The highest BCUT2D eigenvalue weighted by molar-refractivity contribution is 7.11. The Morgan fingerprint density at radius 3 is 2.60 bits per heavy atom. The minimum absolute atomic E-state index is 0.178. The number of nitrogens with zero attached hydrogens (tertiary/aromatic N) is 1. The number of hydrogen-bond acceptors (Lipinski definition) is 3. The van der Waals surface area contributed by atoms with Gasteiger partial charge in [0.25, 0.3) is 0 Å². The normalized spacial score (nSPS) is 31.9. The Morgan fingerprint density at radius 1 is 1.15 bits per heavy atom. The highest BCUT2D eigenvalue weighted by Gasteiger charge is 2.35. The Kier molecular flexibility index (Phi) is 4.46. The fourth-order valence-electron chi connectivity index (χ4n) is 4.23. The van der Waals surface area contributed by atoms with Gasteiger partial charge >= 0.3 is 0 Å². The molecule has 2 fully saturated rings. The molecular formula is C17H27NOS. The first-order valence-corrected chi connectivity index (χ1v) is 9.06. The molecule has 0 amide bonds. The molecular weight excluding hydrogens is 266 g/mol. The van der Waals surface area contributed by atoms with E-state index in [2.05, 4.69) is 18.8 Å². The molecule has 4 unspecified atom stereocenters. The van der Waals surface area contributed by atoms with Crippen LogP contribution < -0.4 is 0 Å². The summed E-state index contributed by atoms with van der Waals surface area (Å²) in [6.45, 7) is 4.19. The van der Waals surface area contributed by atoms with Crippen molar-refractivity contribution in [2.24, 2.45) is 17.8 Å². The molecule has 3 heteroatoms. The predicted octanol–water partition coefficient (Wildman–Crippen LogP) is 4.27. The smallest absolute Gasteiger partial charge is 0.0956 e. The van der Waals surface area contributed by atoms with Gasteiger partial charge in [-0.3, -0.25) is 0 Å². The van der Waals surface area contributed by atoms with Crippen molar-refractivity contribution < 1.29 is 5.11 Å². The Hall–Kier alpha value is -0.410. The van der Waals surface area contributed by atoms with Crippen LogP contribution >= 0.6 is 11.3 Å². The van der Waals surface area contributed by atoms with E-state index < -0.39 is 0 Å². The molecule has 20 heavy (non-hydrogen) atoms. The minimum atomic E-state index is -0.178. The third-order valence-corrected chi connectivity index (χ3v) is 6.68. The summed E-state index contributed by atoms with van der Waals surface area (Å²) in [5.41, 5.74) is 1.13. The van der Waals surface area contributed by atoms with E-state index >= 15 is 0 Å². The van der Waals surface area contributed by atoms with Crippen molar-refractivity contribution in [3.05, 3.63) is 15.6 Å². The van der Waals surface area contributed by atoms with Gasteiger partial charge in [-0.25, -0.2) is 4.98 Å². The van der Waals surface area contributed by atoms with E-state index in [9.17, 15) is 5.11 Å². The third-order valence-electron chi connectivity index (χ3n) is 5.58. The molecule has 0 aromatic carbocycles. The molecule has 1 aromatic rings. The van der Waals surface area contributed by atoms with Gasteiger partial charge in [-0.2, -0.15) is 0 Å². The summed E-state index contributed by atoms with van der Waals surface area (Å²) in [6, 6.07) is 0. The summed E-state index contributed by atoms with van der Waals surface area (Å²) < 4.78 is 0. The maximum atomic E-state index is 10.6. The first-order chi connectivity index (χ1) is 9.63. The third kappa shape index (κ3) is 3.09. The molecule has 2 aliphatic carbocycles. The molecule has 3 rings (SSSR count). The Labute approximate surface area is 126 Å². The van der Waals surface area contributed by atoms with E-state index in [4.69, 9.17) is 0 Å². The molecule has 0 aliphatic heterocycles. The Morgan fingerprint density at radius 2 is 1.90 bits per heavy atom. The van der Waals surface area contributed by atoms with Crippen LogP contribution in [0.4, 0.5) is 0 Å². The summed E-state index contributed by atoms with van der Waals surface area (Å²) in [4.78, 5) is 5.88. The SMILES string of the molecule is Cc1nc(CC(O)C2CCC3CCCCC3C2)sc1C. The number of rotatable bonds is 3. The molecule has 0 saturated heterocycles. The quantitative estimate of drug-likeness (QED) is 0.903. The van der Waals surface area contributed by atoms with E-state index in [0.717, 1.165) is 29.0 Å². The lowest BCUT2D eigenvalue weighted by Gasteiger charge is -2.40. The Balaban J connectivity index is 1.58. The second kappa shape index (κ2) is 6.15. The second-order valence-corrected chi connectivity index (χ2v) is 8.19. The van der Waals surface area contributed by atoms with Gasteiger partial charge in [0.15, 0.2) is 0 Å². The number of aliphatic hydroxyl groups excluding tert-OH is 1. The van der Waals surface area contributed by atoms with Crippen LogP contribution in [0.1, 0.15) is 60.5 Å². The largest absolute Gasteiger partial charge is 0.392 e. The van der Waals surface area contributed by atoms with Gasteiger partial charge in [0.1, 0.15) is 0 Å². The van der Waals surface area contributed by atoms with Gasteiger partial charge < -0.3 is 5.11 Å². The van der Waals surface area contributed by atoms with Gasteiger partial charge in [0, 0.05) is 11.3 Å². The van der Waals surface area contributed by atoms with Crippen LogP contribution in [0.5, 0.6) is 0 Å². The summed E-state index contributed by atoms with van der Waals surface area (Å²) in [5.74, 6) is 2.38. The summed E-state index contributed by atoms with van der Waals surface area (Å²) in [6.07, 6.45) is 10.1. The highest BCUT2D eigenvalue weighted by Crippen LogP contribution is 2.43. The molecule has 4 atom stereocenters. The fourth-order valence-corrected chi connectivity index (χ4v) is 5.21. The van der Waals surface area contributed by atoms with Crippen molar-refractivity contribution >= 4 is 11.3 Å². The monoisotopic (exact) mass is 293 g/mol. The van der Waals surface area contributed by atoms with Crippen molar-refractivity contribution in [3.8, 4) is 0 Å². The summed E-state index contributed by atoms with van der Waals surface area (Å²) >= 11 is 1.76. The lowest BCUT2D eigenvalue weighted by molar-refractivity contribution is 0.0360. The van der Waals surface area contributed by atoms with Gasteiger partial charge in [0.05, 0.1) is 16.8 Å². The molecule has 1 heterocycles. The van der Waals surface area contributed by atoms with Crippen LogP contribution in [-0.4, -0.2) is 16.2 Å². The van der Waals surface area contributed by atoms with Crippen LogP contribution in [0, 0.1) is 31.6 Å². The van der Waals surface area contributed by atoms with Crippen molar-refractivity contribution in [2.45, 2.75) is 71.3 Å². The molecule has 2 saturated carbocycles. The number of thiazole rings is 1. The van der Waals surface area contributed by atoms with Gasteiger partial charge in [0.2, 0.25) is 0 Å². The number of hydrogen-bond donors (Lipinski definition) is 1. The summed E-state index contributed by atoms with van der Waals surface area (Å²) in [7, 11) is 0. The number of aliphatic hydroxyl groups is 1.